The van der Waals surface area contributed by atoms with E-state index in [0.29, 0.717) is 11.4 Å². The molecule has 1 N–H and O–H groups in total. The van der Waals surface area contributed by atoms with E-state index in [2.05, 4.69) is 15.6 Å². The van der Waals surface area contributed by atoms with E-state index in [9.17, 15) is 14.4 Å². The molecule has 9 nitrogen and oxygen atoms in total. The van der Waals surface area contributed by atoms with E-state index < -0.39 is 22.9 Å². The Hall–Kier alpha value is -3.49. The first-order valence-corrected chi connectivity index (χ1v) is 7.39. The Kier molecular flexibility index (Phi) is 4.05. The van der Waals surface area contributed by atoms with Crippen LogP contribution in [0.3, 0.4) is 0 Å². The molecule has 1 aromatic carbocycles. The zero-order valence-electron chi connectivity index (χ0n) is 13.8. The van der Waals surface area contributed by atoms with Crippen molar-refractivity contribution < 1.29 is 9.32 Å². The van der Waals surface area contributed by atoms with Crippen LogP contribution in [0.4, 0.5) is 5.82 Å². The van der Waals surface area contributed by atoms with Crippen LogP contribution in [0.25, 0.3) is 5.69 Å². The van der Waals surface area contributed by atoms with Gasteiger partial charge in [0.15, 0.2) is 5.82 Å². The highest BCUT2D eigenvalue weighted by Crippen LogP contribution is 2.08. The van der Waals surface area contributed by atoms with Gasteiger partial charge in [-0.05, 0) is 26.0 Å². The van der Waals surface area contributed by atoms with Gasteiger partial charge in [-0.15, -0.1) is 0 Å². The average Bonchev–Trinajstić information content (AvgIpc) is 2.99. The quantitative estimate of drug-likeness (QED) is 0.754. The molecule has 1 amide bonds. The fourth-order valence-electron chi connectivity index (χ4n) is 2.17. The predicted molar refractivity (Wildman–Crippen MR) is 89.0 cm³/mol. The number of rotatable bonds is 3. The van der Waals surface area contributed by atoms with Crippen LogP contribution in [0, 0.1) is 13.8 Å². The topological polar surface area (TPSA) is 112 Å². The van der Waals surface area contributed by atoms with Crippen LogP contribution in [0.2, 0.25) is 0 Å². The molecule has 0 saturated heterocycles. The molecule has 2 heterocycles. The van der Waals surface area contributed by atoms with E-state index >= 15 is 0 Å². The Morgan fingerprint density at radius 1 is 1.16 bits per heavy atom. The van der Waals surface area contributed by atoms with Crippen LogP contribution in [0.5, 0.6) is 0 Å². The molecule has 128 valence electrons. The Balaban J connectivity index is 2.07. The van der Waals surface area contributed by atoms with Crippen molar-refractivity contribution in [3.63, 3.8) is 0 Å². The predicted octanol–water partition coefficient (Wildman–Crippen LogP) is 0.788. The van der Waals surface area contributed by atoms with Crippen molar-refractivity contribution in [3.05, 3.63) is 68.2 Å². The SMILES string of the molecule is Cc1ccc(-n2nc(C(=O)Nc3cc(C)on3)c(=O)n(C)c2=O)cc1. The average molecular weight is 341 g/mol. The van der Waals surface area contributed by atoms with E-state index in [4.69, 9.17) is 4.52 Å². The molecule has 0 atom stereocenters. The first-order valence-electron chi connectivity index (χ1n) is 7.39. The molecule has 3 rings (SSSR count). The number of anilines is 1. The first kappa shape index (κ1) is 16.4. The number of aryl methyl sites for hydroxylation is 2. The van der Waals surface area contributed by atoms with Gasteiger partial charge >= 0.3 is 5.69 Å². The van der Waals surface area contributed by atoms with Crippen LogP contribution < -0.4 is 16.6 Å². The summed E-state index contributed by atoms with van der Waals surface area (Å²) in [6.07, 6.45) is 0. The second-order valence-corrected chi connectivity index (χ2v) is 5.52. The summed E-state index contributed by atoms with van der Waals surface area (Å²) in [6.45, 7) is 3.57. The lowest BCUT2D eigenvalue weighted by molar-refractivity contribution is 0.101. The minimum absolute atomic E-state index is 0.152. The number of carbonyl (C=O) groups excluding carboxylic acids is 1. The summed E-state index contributed by atoms with van der Waals surface area (Å²) < 4.78 is 6.69. The number of hydrogen-bond donors (Lipinski definition) is 1. The van der Waals surface area contributed by atoms with Crippen molar-refractivity contribution in [2.24, 2.45) is 7.05 Å². The highest BCUT2D eigenvalue weighted by Gasteiger charge is 2.19. The monoisotopic (exact) mass is 341 g/mol. The third-order valence-electron chi connectivity index (χ3n) is 3.54. The van der Waals surface area contributed by atoms with E-state index in [1.165, 1.54) is 13.1 Å². The van der Waals surface area contributed by atoms with Crippen LogP contribution in [-0.4, -0.2) is 25.4 Å². The van der Waals surface area contributed by atoms with Gasteiger partial charge in [-0.3, -0.25) is 14.2 Å². The van der Waals surface area contributed by atoms with E-state index in [0.717, 1.165) is 14.8 Å². The van der Waals surface area contributed by atoms with Crippen molar-refractivity contribution in [2.45, 2.75) is 13.8 Å². The van der Waals surface area contributed by atoms with Gasteiger partial charge in [-0.25, -0.2) is 4.79 Å². The number of nitrogens with one attached hydrogen (secondary N) is 1. The van der Waals surface area contributed by atoms with Crippen molar-refractivity contribution in [1.82, 2.24) is 19.5 Å². The van der Waals surface area contributed by atoms with Crippen LogP contribution in [0.15, 0.2) is 44.4 Å². The van der Waals surface area contributed by atoms with Crippen LogP contribution in [-0.2, 0) is 7.05 Å². The maximum absolute atomic E-state index is 12.4. The van der Waals surface area contributed by atoms with Crippen molar-refractivity contribution in [1.29, 1.82) is 0 Å². The van der Waals surface area contributed by atoms with Gasteiger partial charge in [-0.1, -0.05) is 22.9 Å². The van der Waals surface area contributed by atoms with Gasteiger partial charge in [0.05, 0.1) is 5.69 Å². The Morgan fingerprint density at radius 3 is 2.44 bits per heavy atom. The van der Waals surface area contributed by atoms with Gasteiger partial charge in [0.1, 0.15) is 5.76 Å². The summed E-state index contributed by atoms with van der Waals surface area (Å²) in [4.78, 5) is 36.9. The molecule has 0 radical (unpaired) electrons. The van der Waals surface area contributed by atoms with Gasteiger partial charge in [0.25, 0.3) is 11.5 Å². The summed E-state index contributed by atoms with van der Waals surface area (Å²) in [6, 6.07) is 8.45. The van der Waals surface area contributed by atoms with Gasteiger partial charge in [-0.2, -0.15) is 9.78 Å². The second-order valence-electron chi connectivity index (χ2n) is 5.52. The summed E-state index contributed by atoms with van der Waals surface area (Å²) >= 11 is 0. The lowest BCUT2D eigenvalue weighted by atomic mass is 10.2. The molecule has 0 bridgehead atoms. The number of benzene rings is 1. The van der Waals surface area contributed by atoms with Crippen molar-refractivity contribution in [2.75, 3.05) is 5.32 Å². The molecule has 3 aromatic rings. The molecule has 0 aliphatic rings. The van der Waals surface area contributed by atoms with Gasteiger partial charge in [0.2, 0.25) is 5.69 Å². The Labute approximate surface area is 141 Å². The molecule has 25 heavy (non-hydrogen) atoms. The molecule has 0 fully saturated rings. The Bertz CT molecular complexity index is 1060. The number of nitrogens with zero attached hydrogens (tertiary/aromatic N) is 4. The Morgan fingerprint density at radius 2 is 1.84 bits per heavy atom. The van der Waals surface area contributed by atoms with Gasteiger partial charge < -0.3 is 9.84 Å². The number of carbonyl (C=O) groups is 1. The largest absolute Gasteiger partial charge is 0.360 e. The molecule has 0 saturated carbocycles. The van der Waals surface area contributed by atoms with Crippen molar-refractivity contribution >= 4 is 11.7 Å². The van der Waals surface area contributed by atoms with E-state index in [1.807, 2.05) is 6.92 Å². The lowest BCUT2D eigenvalue weighted by Crippen LogP contribution is -2.43. The number of hydrogen-bond acceptors (Lipinski definition) is 6. The number of aromatic nitrogens is 4. The second kappa shape index (κ2) is 6.19. The summed E-state index contributed by atoms with van der Waals surface area (Å²) in [5.74, 6) is -0.130. The fraction of sp³-hybridized carbons (Fsp3) is 0.188. The van der Waals surface area contributed by atoms with Crippen LogP contribution in [0.1, 0.15) is 21.8 Å². The molecule has 2 aromatic heterocycles. The fourth-order valence-corrected chi connectivity index (χ4v) is 2.17. The first-order chi connectivity index (χ1) is 11.9. The third-order valence-corrected chi connectivity index (χ3v) is 3.54. The minimum Gasteiger partial charge on any atom is -0.360 e. The normalized spacial score (nSPS) is 10.7. The van der Waals surface area contributed by atoms with E-state index in [-0.39, 0.29) is 5.82 Å². The minimum atomic E-state index is -0.800. The molecule has 0 aliphatic carbocycles. The standard InChI is InChI=1S/C16H15N5O4/c1-9-4-6-11(7-5-9)21-16(24)20(3)15(23)13(18-21)14(22)17-12-8-10(2)25-19-12/h4-8H,1-3H3,(H,17,19,22). The lowest BCUT2D eigenvalue weighted by Gasteiger charge is -2.09. The van der Waals surface area contributed by atoms with Gasteiger partial charge in [0, 0.05) is 13.1 Å². The maximum atomic E-state index is 12.4. The molecular formula is C16H15N5O4. The van der Waals surface area contributed by atoms with Crippen LogP contribution >= 0.6 is 0 Å². The summed E-state index contributed by atoms with van der Waals surface area (Å²) in [7, 11) is 1.29. The molecule has 0 spiro atoms. The highest BCUT2D eigenvalue weighted by molar-refractivity contribution is 6.01. The molecule has 0 aliphatic heterocycles. The van der Waals surface area contributed by atoms with Crippen molar-refractivity contribution in [3.8, 4) is 5.69 Å². The number of amides is 1. The smallest absolute Gasteiger partial charge is 0.351 e. The molecular weight excluding hydrogens is 326 g/mol. The zero-order valence-corrected chi connectivity index (χ0v) is 13.8. The molecule has 9 heteroatoms. The zero-order chi connectivity index (χ0) is 18.1. The third kappa shape index (κ3) is 3.11. The maximum Gasteiger partial charge on any atom is 0.351 e. The highest BCUT2D eigenvalue weighted by atomic mass is 16.5. The summed E-state index contributed by atoms with van der Waals surface area (Å²) in [5, 5.41) is 9.98. The van der Waals surface area contributed by atoms with E-state index in [1.54, 1.807) is 31.2 Å². The summed E-state index contributed by atoms with van der Waals surface area (Å²) in [5.41, 5.74) is -0.435. The molecule has 0 unspecified atom stereocenters.